The second-order valence-electron chi connectivity index (χ2n) is 10.5. The SMILES string of the molecule is CC(=O)N1CC(C)NC(C)C1.Cc1[nH]c(/C=C2\C(=O)Nc3ccc(SCc4cccc(Cl)c4Cl)cc32)c(C)c1C. The van der Waals surface area contributed by atoms with Crippen LogP contribution < -0.4 is 10.6 Å². The molecule has 0 bridgehead atoms. The molecule has 0 aliphatic carbocycles. The van der Waals surface area contributed by atoms with Gasteiger partial charge in [0.1, 0.15) is 0 Å². The van der Waals surface area contributed by atoms with E-state index in [1.807, 2.05) is 42.2 Å². The molecule has 1 fully saturated rings. The van der Waals surface area contributed by atoms with E-state index in [0.29, 0.717) is 33.5 Å². The molecule has 212 valence electrons. The van der Waals surface area contributed by atoms with E-state index in [9.17, 15) is 9.59 Å². The summed E-state index contributed by atoms with van der Waals surface area (Å²) in [6.07, 6.45) is 1.94. The van der Waals surface area contributed by atoms with Gasteiger partial charge in [-0.1, -0.05) is 35.3 Å². The lowest BCUT2D eigenvalue weighted by Gasteiger charge is -2.35. The maximum absolute atomic E-state index is 12.6. The van der Waals surface area contributed by atoms with Crippen LogP contribution in [0.3, 0.4) is 0 Å². The summed E-state index contributed by atoms with van der Waals surface area (Å²) in [6.45, 7) is 13.7. The van der Waals surface area contributed by atoms with Crippen LogP contribution in [0.5, 0.6) is 0 Å². The molecule has 2 aromatic carbocycles. The number of anilines is 1. The van der Waals surface area contributed by atoms with E-state index < -0.39 is 0 Å². The van der Waals surface area contributed by atoms with Gasteiger partial charge in [-0.15, -0.1) is 11.8 Å². The van der Waals surface area contributed by atoms with Gasteiger partial charge >= 0.3 is 0 Å². The second kappa shape index (κ2) is 12.9. The van der Waals surface area contributed by atoms with Crippen molar-refractivity contribution in [2.45, 2.75) is 64.3 Å². The Morgan fingerprint density at radius 2 is 1.77 bits per heavy atom. The molecule has 40 heavy (non-hydrogen) atoms. The quantitative estimate of drug-likeness (QED) is 0.218. The number of nitrogens with one attached hydrogen (secondary N) is 3. The smallest absolute Gasteiger partial charge is 0.256 e. The third-order valence-electron chi connectivity index (χ3n) is 7.34. The van der Waals surface area contributed by atoms with E-state index in [2.05, 4.69) is 49.4 Å². The molecular formula is C31H36Cl2N4O2S. The third-order valence-corrected chi connectivity index (χ3v) is 9.24. The zero-order valence-corrected chi connectivity index (χ0v) is 26.1. The Morgan fingerprint density at radius 1 is 1.07 bits per heavy atom. The zero-order valence-electron chi connectivity index (χ0n) is 23.7. The second-order valence-corrected chi connectivity index (χ2v) is 12.4. The van der Waals surface area contributed by atoms with Gasteiger partial charge in [0, 0.05) is 65.4 Å². The molecule has 9 heteroatoms. The predicted octanol–water partition coefficient (Wildman–Crippen LogP) is 7.25. The van der Waals surface area contributed by atoms with E-state index in [1.54, 1.807) is 24.8 Å². The number of rotatable bonds is 4. The van der Waals surface area contributed by atoms with Crippen LogP contribution in [0.15, 0.2) is 41.3 Å². The van der Waals surface area contributed by atoms with Crippen molar-refractivity contribution in [1.29, 1.82) is 0 Å². The number of amides is 2. The van der Waals surface area contributed by atoms with E-state index in [1.165, 1.54) is 5.56 Å². The molecule has 0 radical (unpaired) electrons. The number of aromatic nitrogens is 1. The molecule has 1 saturated heterocycles. The lowest BCUT2D eigenvalue weighted by Crippen LogP contribution is -2.55. The number of aromatic amines is 1. The Labute approximate surface area is 250 Å². The number of hydrogen-bond acceptors (Lipinski definition) is 4. The number of fused-ring (bicyclic) bond motifs is 1. The Hall–Kier alpha value is -2.71. The Balaban J connectivity index is 0.000000283. The molecule has 6 nitrogen and oxygen atoms in total. The lowest BCUT2D eigenvalue weighted by atomic mass is 10.0. The van der Waals surface area contributed by atoms with Gasteiger partial charge in [0.05, 0.1) is 15.6 Å². The van der Waals surface area contributed by atoms with Gasteiger partial charge < -0.3 is 20.5 Å². The molecule has 0 spiro atoms. The first-order chi connectivity index (χ1) is 18.9. The molecule has 2 amide bonds. The molecular weight excluding hydrogens is 563 g/mol. The minimum Gasteiger partial charge on any atom is -0.359 e. The zero-order chi connectivity index (χ0) is 29.1. The van der Waals surface area contributed by atoms with Gasteiger partial charge in [-0.3, -0.25) is 9.59 Å². The summed E-state index contributed by atoms with van der Waals surface area (Å²) >= 11 is 14.1. The normalized spacial score (nSPS) is 19.2. The first-order valence-electron chi connectivity index (χ1n) is 13.3. The molecule has 1 aromatic heterocycles. The van der Waals surface area contributed by atoms with Crippen molar-refractivity contribution in [3.63, 3.8) is 0 Å². The number of aryl methyl sites for hydroxylation is 1. The molecule has 3 aromatic rings. The fraction of sp³-hybridized carbons (Fsp3) is 0.355. The first-order valence-corrected chi connectivity index (χ1v) is 15.1. The summed E-state index contributed by atoms with van der Waals surface area (Å²) in [6, 6.07) is 12.6. The minimum atomic E-state index is -0.0793. The molecule has 5 rings (SSSR count). The molecule has 2 atom stereocenters. The predicted molar refractivity (Wildman–Crippen MR) is 168 cm³/mol. The van der Waals surface area contributed by atoms with Gasteiger partial charge in [0.2, 0.25) is 5.91 Å². The van der Waals surface area contributed by atoms with Gasteiger partial charge in [-0.25, -0.2) is 0 Å². The van der Waals surface area contributed by atoms with Crippen LogP contribution >= 0.6 is 35.0 Å². The lowest BCUT2D eigenvalue weighted by molar-refractivity contribution is -0.130. The van der Waals surface area contributed by atoms with Crippen LogP contribution in [0, 0.1) is 20.8 Å². The molecule has 2 unspecified atom stereocenters. The van der Waals surface area contributed by atoms with Gasteiger partial charge in [0.15, 0.2) is 0 Å². The van der Waals surface area contributed by atoms with Gasteiger partial charge in [0.25, 0.3) is 5.91 Å². The number of hydrogen-bond donors (Lipinski definition) is 3. The maximum atomic E-state index is 12.6. The number of benzene rings is 2. The maximum Gasteiger partial charge on any atom is 0.256 e. The van der Waals surface area contributed by atoms with Crippen LogP contribution in [0.2, 0.25) is 10.0 Å². The summed E-state index contributed by atoms with van der Waals surface area (Å²) in [5.74, 6) is 0.807. The van der Waals surface area contributed by atoms with Crippen molar-refractivity contribution >= 4 is 64.1 Å². The number of nitrogens with zero attached hydrogens (tertiary/aromatic N) is 1. The van der Waals surface area contributed by atoms with E-state index in [4.69, 9.17) is 23.2 Å². The van der Waals surface area contributed by atoms with Crippen molar-refractivity contribution in [2.24, 2.45) is 0 Å². The summed E-state index contributed by atoms with van der Waals surface area (Å²) in [4.78, 5) is 29.9. The average molecular weight is 600 g/mol. The van der Waals surface area contributed by atoms with Crippen LogP contribution in [0.1, 0.15) is 54.4 Å². The summed E-state index contributed by atoms with van der Waals surface area (Å²) < 4.78 is 0. The topological polar surface area (TPSA) is 77.2 Å². The Bertz CT molecular complexity index is 1460. The monoisotopic (exact) mass is 598 g/mol. The number of H-pyrrole nitrogens is 1. The number of halogens is 2. The van der Waals surface area contributed by atoms with Crippen LogP contribution in [0.4, 0.5) is 5.69 Å². The molecule has 3 N–H and O–H groups in total. The Morgan fingerprint density at radius 3 is 2.40 bits per heavy atom. The van der Waals surface area contributed by atoms with Crippen LogP contribution in [0.25, 0.3) is 11.6 Å². The number of thioether (sulfide) groups is 1. The standard InChI is InChI=1S/C23H20Cl2N2OS.C8H16N2O/c1-12-13(2)21(26-14(12)3)10-18-17-9-16(7-8-20(17)27-23(18)28)29-11-15-5-4-6-19(24)22(15)25;1-6-4-10(8(3)11)5-7(2)9-6/h4-10,26H,11H2,1-3H3,(H,27,28);6-7,9H,4-5H2,1-3H3/b18-10-;. The van der Waals surface area contributed by atoms with Crippen LogP contribution in [-0.2, 0) is 15.3 Å². The Kier molecular flexibility index (Phi) is 9.72. The number of carbonyl (C=O) groups excluding carboxylic acids is 2. The molecule has 0 saturated carbocycles. The largest absolute Gasteiger partial charge is 0.359 e. The van der Waals surface area contributed by atoms with E-state index in [-0.39, 0.29) is 11.8 Å². The highest BCUT2D eigenvalue weighted by Crippen LogP contribution is 2.38. The summed E-state index contributed by atoms with van der Waals surface area (Å²) in [7, 11) is 0. The summed E-state index contributed by atoms with van der Waals surface area (Å²) in [5, 5.41) is 7.48. The molecule has 3 heterocycles. The van der Waals surface area contributed by atoms with E-state index in [0.717, 1.165) is 51.8 Å². The van der Waals surface area contributed by atoms with Crippen molar-refractivity contribution in [3.8, 4) is 0 Å². The van der Waals surface area contributed by atoms with Crippen molar-refractivity contribution in [2.75, 3.05) is 18.4 Å². The summed E-state index contributed by atoms with van der Waals surface area (Å²) in [5.41, 5.74) is 7.90. The molecule has 2 aliphatic rings. The van der Waals surface area contributed by atoms with Crippen LogP contribution in [-0.4, -0.2) is 46.9 Å². The third kappa shape index (κ3) is 6.95. The van der Waals surface area contributed by atoms with E-state index >= 15 is 0 Å². The van der Waals surface area contributed by atoms with Crippen molar-refractivity contribution in [3.05, 3.63) is 80.1 Å². The number of carbonyl (C=O) groups is 2. The number of piperazine rings is 1. The first kappa shape index (κ1) is 30.3. The fourth-order valence-corrected chi connectivity index (χ4v) is 6.36. The highest BCUT2D eigenvalue weighted by molar-refractivity contribution is 7.98. The van der Waals surface area contributed by atoms with Gasteiger partial charge in [-0.2, -0.15) is 0 Å². The van der Waals surface area contributed by atoms with Gasteiger partial charge in [-0.05, 0) is 81.7 Å². The minimum absolute atomic E-state index is 0.0793. The fourth-order valence-electron chi connectivity index (χ4n) is 4.97. The highest BCUT2D eigenvalue weighted by Gasteiger charge is 2.25. The molecule has 2 aliphatic heterocycles. The van der Waals surface area contributed by atoms with Crippen molar-refractivity contribution in [1.82, 2.24) is 15.2 Å². The average Bonchev–Trinajstić information content (AvgIpc) is 3.34. The van der Waals surface area contributed by atoms with Crippen molar-refractivity contribution < 1.29 is 9.59 Å². The highest BCUT2D eigenvalue weighted by atomic mass is 35.5.